The summed E-state index contributed by atoms with van der Waals surface area (Å²) in [6.45, 7) is 28.7. The van der Waals surface area contributed by atoms with Crippen molar-refractivity contribution in [1.82, 2.24) is 38.4 Å². The predicted octanol–water partition coefficient (Wildman–Crippen LogP) is 21.9. The third-order valence-corrected chi connectivity index (χ3v) is 33.3. The van der Waals surface area contributed by atoms with Gasteiger partial charge in [0.05, 0.1) is 26.1 Å². The Balaban J connectivity index is 0.000000153. The van der Waals surface area contributed by atoms with E-state index in [1.165, 1.54) is 28.9 Å². The molecule has 11 nitrogen and oxygen atoms in total. The molecule has 11 aromatic rings. The quantitative estimate of drug-likeness (QED) is 0.0823. The average Bonchev–Trinajstić information content (AvgIpc) is 1.76. The third-order valence-electron chi connectivity index (χ3n) is 16.8. The molecule has 0 aliphatic heterocycles. The molecule has 2 N–H and O–H groups in total. The highest BCUT2D eigenvalue weighted by atomic mass is 127. The maximum absolute atomic E-state index is 5.69. The minimum atomic E-state index is -1.93. The second kappa shape index (κ2) is 28.5. The number of para-hydroxylation sites is 3. The van der Waals surface area contributed by atoms with Gasteiger partial charge >= 0.3 is 0 Å². The van der Waals surface area contributed by atoms with Crippen LogP contribution in [-0.2, 0) is 0 Å². The minimum Gasteiger partial charge on any atom is -0.496 e. The molecule has 0 saturated carbocycles. The van der Waals surface area contributed by atoms with Crippen LogP contribution in [-0.4, -0.2) is 76.1 Å². The van der Waals surface area contributed by atoms with E-state index < -0.39 is 16.5 Å². The first-order chi connectivity index (χ1) is 40.5. The summed E-state index contributed by atoms with van der Waals surface area (Å²) in [6.07, 6.45) is 16.2. The van der Waals surface area contributed by atoms with Gasteiger partial charge in [-0.1, -0.05) is 138 Å². The Bertz CT molecular complexity index is 4000. The number of fused-ring (bicyclic) bond motifs is 4. The highest BCUT2D eigenvalue weighted by Gasteiger charge is 2.47. The molecule has 8 aromatic heterocycles. The van der Waals surface area contributed by atoms with Crippen LogP contribution in [0, 0.1) is 7.14 Å². The lowest BCUT2D eigenvalue weighted by molar-refractivity contribution is 0.416. The van der Waals surface area contributed by atoms with Crippen molar-refractivity contribution in [3.63, 3.8) is 0 Å². The summed E-state index contributed by atoms with van der Waals surface area (Å²) in [6, 6.07) is 35.2. The first-order valence-electron chi connectivity index (χ1n) is 28.8. The van der Waals surface area contributed by atoms with Gasteiger partial charge in [0.2, 0.25) is 0 Å². The van der Waals surface area contributed by atoms with E-state index in [0.717, 1.165) is 81.0 Å². The summed E-state index contributed by atoms with van der Waals surface area (Å²) in [5.74, 6) is 1.75. The van der Waals surface area contributed by atoms with Gasteiger partial charge in [-0.05, 0) is 175 Å². The fraction of sp³-hybridized carbons (Fsp3) is 0.313. The van der Waals surface area contributed by atoms with Crippen LogP contribution in [0.2, 0.25) is 33.2 Å². The molecular weight excluding hydrogens is 1510 g/mol. The number of methoxy groups -OCH3 is 2. The number of aromatic nitrogens is 8. The molecule has 0 spiro atoms. The monoisotopic (exact) mass is 1590 g/mol. The molecule has 446 valence electrons. The molecule has 0 atom stereocenters. The highest BCUT2D eigenvalue weighted by Crippen LogP contribution is 2.48. The molecule has 0 bridgehead atoms. The molecule has 3 aromatic carbocycles. The predicted molar refractivity (Wildman–Crippen MR) is 392 cm³/mol. The number of hydrogen-bond acceptors (Lipinski definition) is 7. The first kappa shape index (κ1) is 66.1. The van der Waals surface area contributed by atoms with Crippen molar-refractivity contribution < 1.29 is 9.47 Å². The standard InChI is InChI=1S/C23H31BrN2OSi.C21H19N3O.C16H24BrIN2Si.C7H4BrIN2/c1-15(2)28(16(3)4,17(5)6)26-14-21(19-10-8-9-11-22(19)27-7)20-12-18(24)13-25-23(20)26;1-24(15-8-4-3-5-9-15)16-12-18-19(14-23-21(18)22-13-16)17-10-6-7-11-20(17)25-2;1-10(2)21(11(3)4,12(5)6)20-9-15(18)14-7-13(17)8-19-16(14)20;8-4-1-5-6(9)3-11-7(5)10-2-4/h8-17H,1-7H3;3-14H,1-2H3,(H,22,23);7-12H,1-6H3;1-3H,(H,10,11). The Hall–Kier alpha value is -4.85. The minimum absolute atomic E-state index is 0.596. The Morgan fingerprint density at radius 3 is 1.40 bits per heavy atom. The second-order valence-electron chi connectivity index (χ2n) is 23.3. The van der Waals surface area contributed by atoms with Gasteiger partial charge in [0.25, 0.3) is 0 Å². The lowest BCUT2D eigenvalue weighted by Gasteiger charge is -2.44. The van der Waals surface area contributed by atoms with Gasteiger partial charge in [-0.3, -0.25) is 0 Å². The third kappa shape index (κ3) is 13.5. The van der Waals surface area contributed by atoms with Crippen molar-refractivity contribution in [1.29, 1.82) is 0 Å². The average molecular weight is 1590 g/mol. The summed E-state index contributed by atoms with van der Waals surface area (Å²) < 4.78 is 21.9. The summed E-state index contributed by atoms with van der Waals surface area (Å²) >= 11 is 15.3. The van der Waals surface area contributed by atoms with E-state index in [-0.39, 0.29) is 0 Å². The number of hydrogen-bond donors (Lipinski definition) is 2. The van der Waals surface area contributed by atoms with E-state index in [4.69, 9.17) is 19.4 Å². The number of halogens is 5. The Morgan fingerprint density at radius 2 is 0.871 bits per heavy atom. The molecule has 0 unspecified atom stereocenters. The van der Waals surface area contributed by atoms with E-state index in [1.54, 1.807) is 20.4 Å². The lowest BCUT2D eigenvalue weighted by atomic mass is 10.0. The summed E-state index contributed by atoms with van der Waals surface area (Å²) in [7, 11) is 1.82. The second-order valence-corrected chi connectivity index (χ2v) is 39.8. The number of anilines is 2. The molecule has 8 heterocycles. The topological polar surface area (TPSA) is 115 Å². The molecule has 0 fully saturated rings. The number of pyridine rings is 4. The zero-order valence-corrected chi connectivity index (χ0v) is 62.3. The Labute approximate surface area is 556 Å². The molecule has 0 radical (unpaired) electrons. The number of nitrogens with one attached hydrogen (secondary N) is 2. The van der Waals surface area contributed by atoms with Crippen molar-refractivity contribution in [2.75, 3.05) is 26.2 Å². The maximum Gasteiger partial charge on any atom is 0.171 e. The van der Waals surface area contributed by atoms with Gasteiger partial charge in [0.15, 0.2) is 16.5 Å². The van der Waals surface area contributed by atoms with Gasteiger partial charge in [-0.25, -0.2) is 19.9 Å². The molecule has 18 heteroatoms. The van der Waals surface area contributed by atoms with E-state index in [9.17, 15) is 0 Å². The van der Waals surface area contributed by atoms with Gasteiger partial charge < -0.3 is 32.8 Å². The lowest BCUT2D eigenvalue weighted by Crippen LogP contribution is -2.51. The highest BCUT2D eigenvalue weighted by molar-refractivity contribution is 14.1. The smallest absolute Gasteiger partial charge is 0.171 e. The zero-order valence-electron chi connectivity index (χ0n) is 51.2. The van der Waals surface area contributed by atoms with E-state index in [2.05, 4.69) is 276 Å². The summed E-state index contributed by atoms with van der Waals surface area (Å²) in [4.78, 5) is 26.9. The Morgan fingerprint density at radius 1 is 0.447 bits per heavy atom. The Kier molecular flexibility index (Phi) is 22.2. The fourth-order valence-electron chi connectivity index (χ4n) is 13.5. The van der Waals surface area contributed by atoms with Crippen molar-refractivity contribution >= 4 is 165 Å². The number of rotatable bonds is 14. The largest absolute Gasteiger partial charge is 0.496 e. The van der Waals surface area contributed by atoms with Crippen LogP contribution in [0.3, 0.4) is 0 Å². The molecular formula is C67H78Br3I2N9O2Si2. The van der Waals surface area contributed by atoms with Crippen LogP contribution in [0.4, 0.5) is 11.4 Å². The van der Waals surface area contributed by atoms with Crippen LogP contribution < -0.4 is 14.4 Å². The number of benzene rings is 3. The number of aromatic amines is 2. The van der Waals surface area contributed by atoms with Crippen molar-refractivity contribution in [3.8, 4) is 33.8 Å². The SMILES string of the molecule is Brc1cnc2[nH]cc(I)c2c1.CC(C)[Si](C(C)C)(C(C)C)n1cc(I)c2cc(Br)cnc21.COc1ccccc1-c1c[nH]c2ncc(N(C)c3ccccc3)cc12.COc1ccccc1-c1cn([Si](C(C)C)(C(C)C)C(C)C)c2ncc(Br)cc12. The first-order valence-corrected chi connectivity index (χ1v) is 37.7. The molecule has 85 heavy (non-hydrogen) atoms. The molecule has 0 amide bonds. The molecule has 0 saturated heterocycles. The summed E-state index contributed by atoms with van der Waals surface area (Å²) in [5.41, 5.74) is 14.5. The summed E-state index contributed by atoms with van der Waals surface area (Å²) in [5, 5.41) is 4.69. The molecule has 0 aliphatic rings. The maximum atomic E-state index is 5.69. The van der Waals surface area contributed by atoms with Gasteiger partial charge in [0, 0.05) is 120 Å². The van der Waals surface area contributed by atoms with E-state index >= 15 is 0 Å². The van der Waals surface area contributed by atoms with Gasteiger partial charge in [-0.15, -0.1) is 0 Å². The van der Waals surface area contributed by atoms with Crippen LogP contribution >= 0.6 is 93.0 Å². The van der Waals surface area contributed by atoms with E-state index in [0.29, 0.717) is 33.2 Å². The van der Waals surface area contributed by atoms with Crippen LogP contribution in [0.25, 0.3) is 66.4 Å². The van der Waals surface area contributed by atoms with Crippen molar-refractivity contribution in [3.05, 3.63) is 173 Å². The fourth-order valence-corrected chi connectivity index (χ4v) is 29.1. The van der Waals surface area contributed by atoms with Gasteiger partial charge in [0.1, 0.15) is 34.1 Å². The zero-order chi connectivity index (χ0) is 61.7. The number of H-pyrrole nitrogens is 2. The van der Waals surface area contributed by atoms with Crippen LogP contribution in [0.1, 0.15) is 83.1 Å². The number of ether oxygens (including phenoxy) is 2. The molecule has 0 aliphatic carbocycles. The van der Waals surface area contributed by atoms with Crippen LogP contribution in [0.15, 0.2) is 166 Å². The normalized spacial score (nSPS) is 11.9. The molecule has 11 rings (SSSR count). The van der Waals surface area contributed by atoms with E-state index in [1.807, 2.05) is 86.6 Å². The number of nitrogens with zero attached hydrogens (tertiary/aromatic N) is 7. The van der Waals surface area contributed by atoms with Crippen molar-refractivity contribution in [2.24, 2.45) is 0 Å². The van der Waals surface area contributed by atoms with Gasteiger partial charge in [-0.2, -0.15) is 0 Å². The van der Waals surface area contributed by atoms with Crippen LogP contribution in [0.5, 0.6) is 11.5 Å². The van der Waals surface area contributed by atoms with Crippen molar-refractivity contribution in [2.45, 2.75) is 116 Å².